The predicted molar refractivity (Wildman–Crippen MR) is 44.0 cm³/mol. The Balaban J connectivity index is 3.58. The van der Waals surface area contributed by atoms with Crippen molar-refractivity contribution >= 4 is 11.9 Å². The maximum absolute atomic E-state index is 10.7. The standard InChI is InChI=1S/C8H12O5/c1-6(9)4-5-13-8(12)3-2-7(10)11/h2-3,6,9H,4-5H2,1H3,(H,10,11)/b3-2+. The van der Waals surface area contributed by atoms with Gasteiger partial charge in [0.1, 0.15) is 0 Å². The number of esters is 1. The van der Waals surface area contributed by atoms with Gasteiger partial charge in [-0.05, 0) is 6.92 Å². The summed E-state index contributed by atoms with van der Waals surface area (Å²) in [5.74, 6) is -1.92. The Morgan fingerprint density at radius 2 is 2.08 bits per heavy atom. The lowest BCUT2D eigenvalue weighted by Gasteiger charge is -2.03. The third kappa shape index (κ3) is 8.55. The zero-order chi connectivity index (χ0) is 10.3. The molecule has 0 aromatic heterocycles. The quantitative estimate of drug-likeness (QED) is 0.466. The Kier molecular flexibility index (Phi) is 5.54. The van der Waals surface area contributed by atoms with Crippen molar-refractivity contribution in [2.24, 2.45) is 0 Å². The van der Waals surface area contributed by atoms with E-state index in [0.29, 0.717) is 12.5 Å². The van der Waals surface area contributed by atoms with Gasteiger partial charge in [0.05, 0.1) is 12.7 Å². The number of aliphatic hydroxyl groups is 1. The van der Waals surface area contributed by atoms with Crippen LogP contribution in [0.3, 0.4) is 0 Å². The van der Waals surface area contributed by atoms with Crippen LogP contribution in [0.15, 0.2) is 12.2 Å². The molecule has 5 nitrogen and oxygen atoms in total. The molecule has 0 heterocycles. The van der Waals surface area contributed by atoms with E-state index in [0.717, 1.165) is 6.08 Å². The summed E-state index contributed by atoms with van der Waals surface area (Å²) in [5.41, 5.74) is 0. The van der Waals surface area contributed by atoms with Crippen LogP contribution in [0.25, 0.3) is 0 Å². The smallest absolute Gasteiger partial charge is 0.331 e. The van der Waals surface area contributed by atoms with Crippen LogP contribution in [0.2, 0.25) is 0 Å². The van der Waals surface area contributed by atoms with Crippen molar-refractivity contribution in [2.75, 3.05) is 6.61 Å². The van der Waals surface area contributed by atoms with Crippen molar-refractivity contribution in [3.63, 3.8) is 0 Å². The van der Waals surface area contributed by atoms with E-state index in [9.17, 15) is 9.59 Å². The Morgan fingerprint density at radius 1 is 1.46 bits per heavy atom. The van der Waals surface area contributed by atoms with Gasteiger partial charge in [0, 0.05) is 18.6 Å². The van der Waals surface area contributed by atoms with Crippen molar-refractivity contribution in [1.29, 1.82) is 0 Å². The SMILES string of the molecule is CC(O)CCOC(=O)/C=C/C(=O)O. The topological polar surface area (TPSA) is 83.8 Å². The van der Waals surface area contributed by atoms with E-state index in [1.165, 1.54) is 0 Å². The summed E-state index contributed by atoms with van der Waals surface area (Å²) in [6, 6.07) is 0. The molecule has 0 rings (SSSR count). The van der Waals surface area contributed by atoms with Gasteiger partial charge in [-0.2, -0.15) is 0 Å². The Morgan fingerprint density at radius 3 is 2.54 bits per heavy atom. The highest BCUT2D eigenvalue weighted by Crippen LogP contribution is 1.91. The first-order valence-electron chi connectivity index (χ1n) is 3.78. The lowest BCUT2D eigenvalue weighted by atomic mass is 10.3. The second kappa shape index (κ2) is 6.19. The highest BCUT2D eigenvalue weighted by atomic mass is 16.5. The molecule has 0 bridgehead atoms. The number of ether oxygens (including phenoxy) is 1. The van der Waals surface area contributed by atoms with Gasteiger partial charge < -0.3 is 14.9 Å². The van der Waals surface area contributed by atoms with Crippen LogP contribution < -0.4 is 0 Å². The zero-order valence-corrected chi connectivity index (χ0v) is 7.27. The summed E-state index contributed by atoms with van der Waals surface area (Å²) >= 11 is 0. The number of carbonyl (C=O) groups excluding carboxylic acids is 1. The molecule has 0 radical (unpaired) electrons. The summed E-state index contributed by atoms with van der Waals surface area (Å²) in [6.45, 7) is 1.65. The Bertz CT molecular complexity index is 207. The lowest BCUT2D eigenvalue weighted by molar-refractivity contribution is -0.139. The number of carboxylic acid groups (broad SMARTS) is 1. The molecule has 0 aliphatic heterocycles. The highest BCUT2D eigenvalue weighted by Gasteiger charge is 2.00. The molecular formula is C8H12O5. The molecule has 0 aliphatic rings. The summed E-state index contributed by atoms with van der Waals surface area (Å²) in [6.07, 6.45) is 1.33. The molecule has 5 heteroatoms. The van der Waals surface area contributed by atoms with E-state index in [-0.39, 0.29) is 6.61 Å². The van der Waals surface area contributed by atoms with E-state index < -0.39 is 18.0 Å². The fraction of sp³-hybridized carbons (Fsp3) is 0.500. The van der Waals surface area contributed by atoms with Gasteiger partial charge in [0.25, 0.3) is 0 Å². The monoisotopic (exact) mass is 188 g/mol. The average molecular weight is 188 g/mol. The molecular weight excluding hydrogens is 176 g/mol. The van der Waals surface area contributed by atoms with E-state index in [4.69, 9.17) is 10.2 Å². The third-order valence-corrected chi connectivity index (χ3v) is 1.14. The van der Waals surface area contributed by atoms with Crippen molar-refractivity contribution in [3.05, 3.63) is 12.2 Å². The Hall–Kier alpha value is -1.36. The lowest BCUT2D eigenvalue weighted by Crippen LogP contribution is -2.09. The fourth-order valence-corrected chi connectivity index (χ4v) is 0.518. The maximum Gasteiger partial charge on any atom is 0.331 e. The number of aliphatic hydroxyl groups excluding tert-OH is 1. The van der Waals surface area contributed by atoms with E-state index >= 15 is 0 Å². The molecule has 0 saturated heterocycles. The molecule has 0 aromatic carbocycles. The molecule has 2 N–H and O–H groups in total. The van der Waals surface area contributed by atoms with Crippen LogP contribution in [0.5, 0.6) is 0 Å². The summed E-state index contributed by atoms with van der Waals surface area (Å²) in [4.78, 5) is 20.6. The maximum atomic E-state index is 10.7. The van der Waals surface area contributed by atoms with Gasteiger partial charge in [-0.3, -0.25) is 0 Å². The van der Waals surface area contributed by atoms with Crippen LogP contribution in [0.1, 0.15) is 13.3 Å². The van der Waals surface area contributed by atoms with Crippen LogP contribution in [-0.2, 0) is 14.3 Å². The molecule has 0 spiro atoms. The van der Waals surface area contributed by atoms with Crippen molar-refractivity contribution in [2.45, 2.75) is 19.4 Å². The normalized spacial score (nSPS) is 12.8. The fourth-order valence-electron chi connectivity index (χ4n) is 0.518. The molecule has 1 atom stereocenters. The largest absolute Gasteiger partial charge is 0.478 e. The van der Waals surface area contributed by atoms with Crippen molar-refractivity contribution < 1.29 is 24.5 Å². The summed E-state index contributed by atoms with van der Waals surface area (Å²) in [5, 5.41) is 16.9. The molecule has 0 fully saturated rings. The van der Waals surface area contributed by atoms with Gasteiger partial charge >= 0.3 is 11.9 Å². The molecule has 0 aromatic rings. The number of carboxylic acids is 1. The van der Waals surface area contributed by atoms with Crippen LogP contribution in [0.4, 0.5) is 0 Å². The van der Waals surface area contributed by atoms with Gasteiger partial charge in [0.2, 0.25) is 0 Å². The van der Waals surface area contributed by atoms with E-state index in [1.807, 2.05) is 0 Å². The second-order valence-electron chi connectivity index (χ2n) is 2.48. The van der Waals surface area contributed by atoms with E-state index in [2.05, 4.69) is 4.74 Å². The number of hydrogen-bond acceptors (Lipinski definition) is 4. The number of aliphatic carboxylic acids is 1. The minimum absolute atomic E-state index is 0.0838. The molecule has 1 unspecified atom stereocenters. The number of hydrogen-bond donors (Lipinski definition) is 2. The first kappa shape index (κ1) is 11.6. The van der Waals surface area contributed by atoms with Gasteiger partial charge in [-0.15, -0.1) is 0 Å². The van der Waals surface area contributed by atoms with Crippen LogP contribution in [0, 0.1) is 0 Å². The molecule has 0 amide bonds. The number of carbonyl (C=O) groups is 2. The van der Waals surface area contributed by atoms with Crippen molar-refractivity contribution in [3.8, 4) is 0 Å². The molecule has 74 valence electrons. The van der Waals surface area contributed by atoms with Crippen molar-refractivity contribution in [1.82, 2.24) is 0 Å². The minimum atomic E-state index is -1.20. The molecule has 0 aliphatic carbocycles. The van der Waals surface area contributed by atoms with Crippen LogP contribution in [-0.4, -0.2) is 34.9 Å². The Labute approximate surface area is 75.6 Å². The zero-order valence-electron chi connectivity index (χ0n) is 7.27. The highest BCUT2D eigenvalue weighted by molar-refractivity contribution is 5.90. The first-order valence-corrected chi connectivity index (χ1v) is 3.78. The van der Waals surface area contributed by atoms with Crippen LogP contribution >= 0.6 is 0 Å². The average Bonchev–Trinajstić information content (AvgIpc) is 2.00. The third-order valence-electron chi connectivity index (χ3n) is 1.14. The predicted octanol–water partition coefficient (Wildman–Crippen LogP) is -0.0587. The molecule has 13 heavy (non-hydrogen) atoms. The van der Waals surface area contributed by atoms with E-state index in [1.54, 1.807) is 6.92 Å². The summed E-state index contributed by atoms with van der Waals surface area (Å²) < 4.78 is 4.55. The van der Waals surface area contributed by atoms with Gasteiger partial charge in [-0.25, -0.2) is 9.59 Å². The number of rotatable bonds is 5. The van der Waals surface area contributed by atoms with Gasteiger partial charge in [-0.1, -0.05) is 0 Å². The summed E-state index contributed by atoms with van der Waals surface area (Å²) in [7, 11) is 0. The van der Waals surface area contributed by atoms with Gasteiger partial charge in [0.15, 0.2) is 0 Å². The minimum Gasteiger partial charge on any atom is -0.478 e. The first-order chi connectivity index (χ1) is 6.02. The molecule has 0 saturated carbocycles. The second-order valence-corrected chi connectivity index (χ2v) is 2.48.